The molecule has 0 radical (unpaired) electrons. The highest BCUT2D eigenvalue weighted by molar-refractivity contribution is 8.00. The van der Waals surface area contributed by atoms with Crippen LogP contribution in [0.15, 0.2) is 53.6 Å². The zero-order chi connectivity index (χ0) is 20.3. The van der Waals surface area contributed by atoms with Gasteiger partial charge in [-0.3, -0.25) is 4.40 Å². The molecule has 0 bridgehead atoms. The van der Waals surface area contributed by atoms with Gasteiger partial charge < -0.3 is 10.2 Å². The van der Waals surface area contributed by atoms with Crippen LogP contribution in [0, 0.1) is 0 Å². The molecule has 1 saturated heterocycles. The van der Waals surface area contributed by atoms with Crippen LogP contribution in [-0.2, 0) is 0 Å². The van der Waals surface area contributed by atoms with Crippen LogP contribution in [0.4, 0.5) is 10.5 Å². The Morgan fingerprint density at radius 2 is 1.83 bits per heavy atom. The number of anilines is 1. The van der Waals surface area contributed by atoms with E-state index in [1.807, 2.05) is 57.6 Å². The maximum absolute atomic E-state index is 13.1. The normalized spacial score (nSPS) is 20.0. The Hall–Kier alpha value is -2.54. The Bertz CT molecular complexity index is 1030. The predicted molar refractivity (Wildman–Crippen MR) is 120 cm³/mol. The molecule has 1 saturated carbocycles. The van der Waals surface area contributed by atoms with Crippen LogP contribution in [-0.4, -0.2) is 43.9 Å². The van der Waals surface area contributed by atoms with Gasteiger partial charge in [0.2, 0.25) is 0 Å². The van der Waals surface area contributed by atoms with Crippen molar-refractivity contribution in [3.8, 4) is 0 Å². The average molecular weight is 422 g/mol. The highest BCUT2D eigenvalue weighted by Gasteiger charge is 2.28. The van der Waals surface area contributed by atoms with Crippen molar-refractivity contribution in [2.75, 3.05) is 18.4 Å². The van der Waals surface area contributed by atoms with E-state index in [1.54, 1.807) is 0 Å². The number of nitrogens with one attached hydrogen (secondary N) is 1. The van der Waals surface area contributed by atoms with Gasteiger partial charge in [0.05, 0.1) is 5.69 Å². The first kappa shape index (κ1) is 19.4. The number of rotatable bonds is 4. The highest BCUT2D eigenvalue weighted by Crippen LogP contribution is 2.38. The van der Waals surface area contributed by atoms with E-state index in [2.05, 4.69) is 27.6 Å². The number of carbonyl (C=O) groups excluding carboxylic acids is 1. The first-order chi connectivity index (χ1) is 14.8. The van der Waals surface area contributed by atoms with Crippen LogP contribution >= 0.6 is 11.8 Å². The number of fused-ring (bicyclic) bond motifs is 1. The molecule has 1 aliphatic carbocycles. The number of hydrogen-bond acceptors (Lipinski definition) is 4. The minimum Gasteiger partial charge on any atom is -0.324 e. The van der Waals surface area contributed by atoms with Crippen LogP contribution < -0.4 is 5.32 Å². The van der Waals surface area contributed by atoms with Crippen molar-refractivity contribution in [2.24, 2.45) is 0 Å². The van der Waals surface area contributed by atoms with Gasteiger partial charge in [0.15, 0.2) is 5.65 Å². The summed E-state index contributed by atoms with van der Waals surface area (Å²) in [5, 5.41) is 12.6. The summed E-state index contributed by atoms with van der Waals surface area (Å²) in [5.41, 5.74) is 1.78. The predicted octanol–water partition coefficient (Wildman–Crippen LogP) is 5.18. The summed E-state index contributed by atoms with van der Waals surface area (Å²) in [6.45, 7) is 1.44. The number of benzene rings is 1. The summed E-state index contributed by atoms with van der Waals surface area (Å²) < 4.78 is 2.04. The Balaban J connectivity index is 1.29. The molecule has 156 valence electrons. The number of aromatic nitrogens is 3. The lowest BCUT2D eigenvalue weighted by Gasteiger charge is -2.32. The number of para-hydroxylation sites is 1. The first-order valence-electron chi connectivity index (χ1n) is 10.9. The van der Waals surface area contributed by atoms with E-state index in [1.165, 1.54) is 30.6 Å². The van der Waals surface area contributed by atoms with Gasteiger partial charge in [-0.05, 0) is 49.9 Å². The minimum absolute atomic E-state index is 0.0204. The summed E-state index contributed by atoms with van der Waals surface area (Å²) in [6, 6.07) is 14.1. The van der Waals surface area contributed by atoms with Crippen molar-refractivity contribution >= 4 is 29.1 Å². The number of urea groups is 1. The van der Waals surface area contributed by atoms with E-state index in [0.717, 1.165) is 36.5 Å². The molecule has 2 amide bonds. The molecule has 3 heterocycles. The largest absolute Gasteiger partial charge is 0.324 e. The molecule has 2 aromatic heterocycles. The zero-order valence-corrected chi connectivity index (χ0v) is 17.9. The number of likely N-dealkylation sites (tertiary alicyclic amines) is 1. The summed E-state index contributed by atoms with van der Waals surface area (Å²) in [4.78, 5) is 16.2. The molecule has 1 atom stereocenters. The van der Waals surface area contributed by atoms with E-state index in [4.69, 9.17) is 0 Å². The van der Waals surface area contributed by atoms with Gasteiger partial charge in [0.1, 0.15) is 5.82 Å². The lowest BCUT2D eigenvalue weighted by atomic mass is 9.97. The second-order valence-corrected chi connectivity index (χ2v) is 9.57. The monoisotopic (exact) mass is 421 g/mol. The number of hydrogen-bond donors (Lipinski definition) is 1. The van der Waals surface area contributed by atoms with Crippen LogP contribution in [0.5, 0.6) is 0 Å². The minimum atomic E-state index is -0.0204. The highest BCUT2D eigenvalue weighted by atomic mass is 32.2. The zero-order valence-electron chi connectivity index (χ0n) is 17.0. The average Bonchev–Trinajstić information content (AvgIpc) is 3.45. The Labute approximate surface area is 181 Å². The molecule has 6 nitrogen and oxygen atoms in total. The Morgan fingerprint density at radius 1 is 1.00 bits per heavy atom. The molecule has 1 aromatic carbocycles. The van der Waals surface area contributed by atoms with Gasteiger partial charge in [-0.15, -0.1) is 22.0 Å². The van der Waals surface area contributed by atoms with Crippen molar-refractivity contribution in [1.29, 1.82) is 0 Å². The summed E-state index contributed by atoms with van der Waals surface area (Å²) in [5.74, 6) is 1.14. The number of carbonyl (C=O) groups is 1. The van der Waals surface area contributed by atoms with Crippen molar-refractivity contribution in [2.45, 2.75) is 54.6 Å². The van der Waals surface area contributed by atoms with E-state index >= 15 is 0 Å². The van der Waals surface area contributed by atoms with Crippen LogP contribution in [0.25, 0.3) is 5.65 Å². The van der Waals surface area contributed by atoms with Crippen molar-refractivity contribution in [3.63, 3.8) is 0 Å². The number of piperidine rings is 1. The molecule has 0 spiro atoms. The molecule has 0 unspecified atom stereocenters. The molecule has 1 aliphatic heterocycles. The molecule has 5 rings (SSSR count). The molecule has 30 heavy (non-hydrogen) atoms. The lowest BCUT2D eigenvalue weighted by molar-refractivity contribution is 0.191. The van der Waals surface area contributed by atoms with Crippen LogP contribution in [0.1, 0.15) is 50.3 Å². The number of amides is 2. The van der Waals surface area contributed by atoms with Crippen molar-refractivity contribution in [1.82, 2.24) is 19.5 Å². The fraction of sp³-hybridized carbons (Fsp3) is 0.435. The van der Waals surface area contributed by atoms with E-state index < -0.39 is 0 Å². The molecule has 1 N–H and O–H groups in total. The van der Waals surface area contributed by atoms with E-state index in [9.17, 15) is 4.79 Å². The fourth-order valence-corrected chi connectivity index (χ4v) is 5.89. The Morgan fingerprint density at radius 3 is 2.73 bits per heavy atom. The molecule has 3 aromatic rings. The third kappa shape index (κ3) is 4.03. The van der Waals surface area contributed by atoms with Gasteiger partial charge in [-0.25, -0.2) is 4.79 Å². The van der Waals surface area contributed by atoms with Gasteiger partial charge in [0, 0.05) is 35.3 Å². The molecule has 2 fully saturated rings. The second-order valence-electron chi connectivity index (χ2n) is 8.22. The van der Waals surface area contributed by atoms with Gasteiger partial charge in [0.25, 0.3) is 0 Å². The summed E-state index contributed by atoms with van der Waals surface area (Å²) in [7, 11) is 0. The molecule has 2 aliphatic rings. The maximum Gasteiger partial charge on any atom is 0.321 e. The maximum atomic E-state index is 13.1. The summed E-state index contributed by atoms with van der Waals surface area (Å²) >= 11 is 1.91. The van der Waals surface area contributed by atoms with Gasteiger partial charge in [-0.2, -0.15) is 0 Å². The van der Waals surface area contributed by atoms with Crippen molar-refractivity contribution < 1.29 is 4.79 Å². The molecular weight excluding hydrogens is 394 g/mol. The summed E-state index contributed by atoms with van der Waals surface area (Å²) in [6.07, 6.45) is 9.17. The number of pyridine rings is 1. The van der Waals surface area contributed by atoms with E-state index in [0.29, 0.717) is 11.8 Å². The fourth-order valence-electron chi connectivity index (χ4n) is 4.56. The Kier molecular flexibility index (Phi) is 5.62. The topological polar surface area (TPSA) is 62.5 Å². The van der Waals surface area contributed by atoms with Crippen LogP contribution in [0.2, 0.25) is 0 Å². The number of thioether (sulfide) groups is 1. The molecular formula is C23H27N5OS. The van der Waals surface area contributed by atoms with Crippen LogP contribution in [0.3, 0.4) is 0 Å². The number of nitrogens with zero attached hydrogens (tertiary/aromatic N) is 4. The standard InChI is InChI=1S/C23H27N5OS/c29-23(24-19-11-3-4-12-20(19)30-18-9-1-2-10-18)27-14-7-8-17(16-27)22-26-25-21-13-5-6-15-28(21)22/h3-6,11-13,15,17-18H,1-2,7-10,14,16H2,(H,24,29)/t17-/m0/s1. The third-order valence-electron chi connectivity index (χ3n) is 6.14. The second kappa shape index (κ2) is 8.68. The van der Waals surface area contributed by atoms with Crippen molar-refractivity contribution in [3.05, 3.63) is 54.5 Å². The SMILES string of the molecule is O=C(Nc1ccccc1SC1CCCC1)N1CCC[C@H](c2nnc3ccccn23)C1. The quantitative estimate of drug-likeness (QED) is 0.631. The van der Waals surface area contributed by atoms with Gasteiger partial charge >= 0.3 is 6.03 Å². The van der Waals surface area contributed by atoms with E-state index in [-0.39, 0.29) is 11.9 Å². The first-order valence-corrected chi connectivity index (χ1v) is 11.8. The van der Waals surface area contributed by atoms with Gasteiger partial charge in [-0.1, -0.05) is 31.0 Å². The third-order valence-corrected chi connectivity index (χ3v) is 7.55. The lowest BCUT2D eigenvalue weighted by Crippen LogP contribution is -2.42. The smallest absolute Gasteiger partial charge is 0.321 e. The molecule has 7 heteroatoms.